The van der Waals surface area contributed by atoms with Gasteiger partial charge >= 0.3 is 0 Å². The summed E-state index contributed by atoms with van der Waals surface area (Å²) in [4.78, 5) is 1.43. The fourth-order valence-electron chi connectivity index (χ4n) is 2.55. The van der Waals surface area contributed by atoms with Crippen molar-refractivity contribution in [1.29, 1.82) is 0 Å². The van der Waals surface area contributed by atoms with Gasteiger partial charge in [0.05, 0.1) is 0 Å². The van der Waals surface area contributed by atoms with E-state index in [0.29, 0.717) is 5.41 Å². The van der Waals surface area contributed by atoms with Crippen molar-refractivity contribution in [2.24, 2.45) is 11.3 Å². The summed E-state index contributed by atoms with van der Waals surface area (Å²) in [5, 5.41) is 5.85. The molecular weight excluding hydrogens is 250 g/mol. The molecule has 1 saturated carbocycles. The molecule has 100 valence electrons. The quantitative estimate of drug-likeness (QED) is 0.841. The molecule has 1 aliphatic carbocycles. The fourth-order valence-corrected chi connectivity index (χ4v) is 3.41. The third kappa shape index (κ3) is 3.07. The first-order chi connectivity index (χ1) is 9.15. The van der Waals surface area contributed by atoms with Gasteiger partial charge in [0.1, 0.15) is 0 Å². The molecule has 0 amide bonds. The van der Waals surface area contributed by atoms with E-state index in [1.165, 1.54) is 22.4 Å². The average molecular weight is 271 g/mol. The zero-order chi connectivity index (χ0) is 13.3. The lowest BCUT2D eigenvalue weighted by Gasteiger charge is -2.04. The average Bonchev–Trinajstić information content (AvgIpc) is 2.83. The molecule has 0 spiro atoms. The van der Waals surface area contributed by atoms with Gasteiger partial charge in [-0.05, 0) is 46.9 Å². The minimum Gasteiger partial charge on any atom is -0.312 e. The van der Waals surface area contributed by atoms with Crippen molar-refractivity contribution in [3.63, 3.8) is 0 Å². The molecule has 1 nitrogen and oxygen atoms in total. The van der Waals surface area contributed by atoms with Gasteiger partial charge < -0.3 is 5.32 Å². The minimum atomic E-state index is 0.581. The van der Waals surface area contributed by atoms with Gasteiger partial charge in [-0.15, -0.1) is 11.3 Å². The van der Waals surface area contributed by atoms with Crippen LogP contribution in [0.2, 0.25) is 0 Å². The number of rotatable bonds is 5. The molecule has 0 bridgehead atoms. The van der Waals surface area contributed by atoms with E-state index in [0.717, 1.165) is 19.0 Å². The molecule has 3 rings (SSSR count). The van der Waals surface area contributed by atoms with E-state index in [4.69, 9.17) is 0 Å². The second kappa shape index (κ2) is 5.10. The van der Waals surface area contributed by atoms with E-state index in [2.05, 4.69) is 60.9 Å². The van der Waals surface area contributed by atoms with Crippen LogP contribution in [0.4, 0.5) is 0 Å². The van der Waals surface area contributed by atoms with E-state index in [-0.39, 0.29) is 0 Å². The summed E-state index contributed by atoms with van der Waals surface area (Å²) in [6.45, 7) is 6.88. The van der Waals surface area contributed by atoms with Gasteiger partial charge in [0.15, 0.2) is 0 Å². The lowest BCUT2D eigenvalue weighted by molar-refractivity contribution is 0.521. The molecule has 1 aliphatic rings. The molecular formula is C17H21NS. The van der Waals surface area contributed by atoms with Crippen molar-refractivity contribution < 1.29 is 0 Å². The monoisotopic (exact) mass is 271 g/mol. The van der Waals surface area contributed by atoms with Crippen LogP contribution in [0.25, 0.3) is 11.1 Å². The molecule has 19 heavy (non-hydrogen) atoms. The first-order valence-corrected chi connectivity index (χ1v) is 7.87. The van der Waals surface area contributed by atoms with Gasteiger partial charge in [0.25, 0.3) is 0 Å². The molecule has 0 radical (unpaired) electrons. The van der Waals surface area contributed by atoms with Crippen LogP contribution >= 0.6 is 11.3 Å². The Labute approximate surface area is 119 Å². The lowest BCUT2D eigenvalue weighted by Crippen LogP contribution is -2.17. The van der Waals surface area contributed by atoms with E-state index >= 15 is 0 Å². The zero-order valence-corrected chi connectivity index (χ0v) is 12.5. The summed E-state index contributed by atoms with van der Waals surface area (Å²) in [5.41, 5.74) is 3.24. The Morgan fingerprint density at radius 2 is 1.95 bits per heavy atom. The Bertz CT molecular complexity index is 541. The van der Waals surface area contributed by atoms with Gasteiger partial charge in [0.2, 0.25) is 0 Å². The molecule has 2 heteroatoms. The topological polar surface area (TPSA) is 12.0 Å². The maximum Gasteiger partial charge on any atom is 0.0300 e. The Morgan fingerprint density at radius 1 is 1.21 bits per heavy atom. The highest BCUT2D eigenvalue weighted by atomic mass is 32.1. The summed E-state index contributed by atoms with van der Waals surface area (Å²) >= 11 is 1.85. The Morgan fingerprint density at radius 3 is 2.63 bits per heavy atom. The maximum atomic E-state index is 3.59. The van der Waals surface area contributed by atoms with Crippen LogP contribution in [0.3, 0.4) is 0 Å². The molecule has 1 unspecified atom stereocenters. The first-order valence-electron chi connectivity index (χ1n) is 6.99. The van der Waals surface area contributed by atoms with E-state index in [9.17, 15) is 0 Å². The maximum absolute atomic E-state index is 3.59. The standard InChI is InChI=1S/C17H21NS/c1-17(2)9-15(17)10-18-11-16-8-14(12-19-16)13-6-4-3-5-7-13/h3-8,12,15,18H,9-11H2,1-2H3. The summed E-state index contributed by atoms with van der Waals surface area (Å²) in [7, 11) is 0. The molecule has 1 N–H and O–H groups in total. The lowest BCUT2D eigenvalue weighted by atomic mass is 10.1. The van der Waals surface area contributed by atoms with E-state index in [1.807, 2.05) is 11.3 Å². The third-order valence-corrected chi connectivity index (χ3v) is 5.11. The van der Waals surface area contributed by atoms with Crippen LogP contribution in [-0.4, -0.2) is 6.54 Å². The SMILES string of the molecule is CC1(C)CC1CNCc1cc(-c2ccccc2)cs1. The van der Waals surface area contributed by atoms with Gasteiger partial charge in [0, 0.05) is 11.4 Å². The zero-order valence-electron chi connectivity index (χ0n) is 11.6. The van der Waals surface area contributed by atoms with Crippen molar-refractivity contribution in [1.82, 2.24) is 5.32 Å². The number of hydrogen-bond acceptors (Lipinski definition) is 2. The fraction of sp³-hybridized carbons (Fsp3) is 0.412. The summed E-state index contributed by atoms with van der Waals surface area (Å²) in [6.07, 6.45) is 1.37. The third-order valence-electron chi connectivity index (χ3n) is 4.17. The molecule has 0 aliphatic heterocycles. The molecule has 2 aromatic rings. The summed E-state index contributed by atoms with van der Waals surface area (Å²) in [6, 6.07) is 12.9. The van der Waals surface area contributed by atoms with Crippen molar-refractivity contribution in [2.45, 2.75) is 26.8 Å². The van der Waals surface area contributed by atoms with Crippen LogP contribution in [0, 0.1) is 11.3 Å². The second-order valence-electron chi connectivity index (χ2n) is 6.19. The Kier molecular flexibility index (Phi) is 3.46. The highest BCUT2D eigenvalue weighted by Crippen LogP contribution is 2.51. The smallest absolute Gasteiger partial charge is 0.0300 e. The van der Waals surface area contributed by atoms with Crippen LogP contribution < -0.4 is 5.32 Å². The highest BCUT2D eigenvalue weighted by molar-refractivity contribution is 7.10. The van der Waals surface area contributed by atoms with E-state index < -0.39 is 0 Å². The highest BCUT2D eigenvalue weighted by Gasteiger charge is 2.44. The van der Waals surface area contributed by atoms with Crippen LogP contribution in [0.5, 0.6) is 0 Å². The number of nitrogens with one attached hydrogen (secondary N) is 1. The predicted octanol–water partition coefficient (Wildman–Crippen LogP) is 4.55. The number of benzene rings is 1. The van der Waals surface area contributed by atoms with Crippen LogP contribution in [-0.2, 0) is 6.54 Å². The molecule has 1 fully saturated rings. The molecule has 1 heterocycles. The molecule has 1 aromatic carbocycles. The molecule has 1 atom stereocenters. The van der Waals surface area contributed by atoms with Gasteiger partial charge in [-0.25, -0.2) is 0 Å². The predicted molar refractivity (Wildman–Crippen MR) is 83.3 cm³/mol. The van der Waals surface area contributed by atoms with Gasteiger partial charge in [-0.2, -0.15) is 0 Å². The van der Waals surface area contributed by atoms with Crippen LogP contribution in [0.15, 0.2) is 41.8 Å². The van der Waals surface area contributed by atoms with Crippen molar-refractivity contribution in [2.75, 3.05) is 6.54 Å². The Hall–Kier alpha value is -1.12. The van der Waals surface area contributed by atoms with Gasteiger partial charge in [-0.3, -0.25) is 0 Å². The van der Waals surface area contributed by atoms with Crippen LogP contribution in [0.1, 0.15) is 25.1 Å². The van der Waals surface area contributed by atoms with Gasteiger partial charge in [-0.1, -0.05) is 44.2 Å². The Balaban J connectivity index is 1.54. The largest absolute Gasteiger partial charge is 0.312 e. The van der Waals surface area contributed by atoms with Crippen molar-refractivity contribution in [3.05, 3.63) is 46.7 Å². The van der Waals surface area contributed by atoms with E-state index in [1.54, 1.807) is 0 Å². The normalized spacial score (nSPS) is 20.4. The first kappa shape index (κ1) is 12.9. The minimum absolute atomic E-state index is 0.581. The summed E-state index contributed by atoms with van der Waals surface area (Å²) in [5.74, 6) is 0.876. The number of thiophene rings is 1. The van der Waals surface area contributed by atoms with Crippen molar-refractivity contribution in [3.8, 4) is 11.1 Å². The molecule has 1 aromatic heterocycles. The second-order valence-corrected chi connectivity index (χ2v) is 7.18. The number of hydrogen-bond donors (Lipinski definition) is 1. The van der Waals surface area contributed by atoms with Crippen molar-refractivity contribution >= 4 is 11.3 Å². The summed E-state index contributed by atoms with van der Waals surface area (Å²) < 4.78 is 0. The molecule has 0 saturated heterocycles.